The van der Waals surface area contributed by atoms with Crippen molar-refractivity contribution in [2.45, 2.75) is 319 Å². The van der Waals surface area contributed by atoms with Crippen molar-refractivity contribution in [2.75, 3.05) is 0 Å². The lowest BCUT2D eigenvalue weighted by atomic mass is 9.50. The molecule has 0 aromatic carbocycles. The van der Waals surface area contributed by atoms with E-state index in [4.69, 9.17) is 0 Å². The molecule has 0 radical (unpaired) electrons. The Kier molecular flexibility index (Phi) is 23.9. The summed E-state index contributed by atoms with van der Waals surface area (Å²) in [4.78, 5) is 0. The second kappa shape index (κ2) is 29.6. The van der Waals surface area contributed by atoms with Crippen LogP contribution in [0.3, 0.4) is 0 Å². The Labute approximate surface area is 528 Å². The summed E-state index contributed by atoms with van der Waals surface area (Å²) in [6.07, 6.45) is 49.9. The van der Waals surface area contributed by atoms with Crippen molar-refractivity contribution in [1.29, 1.82) is 0 Å². The lowest BCUT2D eigenvalue weighted by Gasteiger charge is -2.55. The number of hydrogen-bond donors (Lipinski definition) is 5. The van der Waals surface area contributed by atoms with E-state index >= 15 is 0 Å². The zero-order valence-electron chi connectivity index (χ0n) is 57.8. The summed E-state index contributed by atoms with van der Waals surface area (Å²) in [5.41, 5.74) is 12.1. The normalized spacial score (nSPS) is 40.0. The number of rotatable bonds is 17. The smallest absolute Gasteiger partial charge is 0.0811 e. The molecule has 0 aliphatic heterocycles. The monoisotopic (exact) mass is 1190 g/mol. The number of aliphatic hydroxyl groups is 5. The van der Waals surface area contributed by atoms with Crippen LogP contribution in [0.15, 0.2) is 94.2 Å². The maximum atomic E-state index is 10.2. The summed E-state index contributed by atoms with van der Waals surface area (Å²) in [5, 5.41) is 50.4. The van der Waals surface area contributed by atoms with Gasteiger partial charge in [-0.25, -0.2) is 0 Å². The molecule has 9 fully saturated rings. The summed E-state index contributed by atoms with van der Waals surface area (Å²) < 4.78 is 0. The van der Waals surface area contributed by atoms with Crippen LogP contribution in [0.25, 0.3) is 0 Å². The van der Waals surface area contributed by atoms with E-state index in [0.29, 0.717) is 46.3 Å². The number of allylic oxidation sites excluding steroid dienone is 10. The van der Waals surface area contributed by atoms with Gasteiger partial charge in [0, 0.05) is 6.42 Å². The quantitative estimate of drug-likeness (QED) is 0.0999. The molecule has 18 atom stereocenters. The summed E-state index contributed by atoms with van der Waals surface area (Å²) in [7, 11) is 0. The molecular formula is C81H132O5. The Morgan fingerprint density at radius 1 is 0.512 bits per heavy atom. The van der Waals surface area contributed by atoms with Gasteiger partial charge < -0.3 is 25.5 Å². The van der Waals surface area contributed by atoms with E-state index in [9.17, 15) is 25.5 Å². The molecule has 0 bridgehead atoms. The van der Waals surface area contributed by atoms with E-state index in [1.54, 1.807) is 22.3 Å². The summed E-state index contributed by atoms with van der Waals surface area (Å²) in [6.45, 7) is 39.4. The van der Waals surface area contributed by atoms with Crippen LogP contribution in [0.4, 0.5) is 0 Å². The molecule has 0 saturated heterocycles. The van der Waals surface area contributed by atoms with Crippen LogP contribution in [-0.2, 0) is 0 Å². The molecule has 10 aliphatic rings. The van der Waals surface area contributed by atoms with E-state index in [-0.39, 0.29) is 12.2 Å². The lowest BCUT2D eigenvalue weighted by Crippen LogP contribution is -2.46. The molecule has 0 unspecified atom stereocenters. The molecule has 9 saturated carbocycles. The molecule has 5 nitrogen and oxygen atoms in total. The Hall–Kier alpha value is -2.28. The minimum atomic E-state index is -0.615. The molecular weight excluding hydrogens is 1050 g/mol. The zero-order chi connectivity index (χ0) is 62.5. The van der Waals surface area contributed by atoms with Crippen LogP contribution >= 0.6 is 0 Å². The highest BCUT2D eigenvalue weighted by atomic mass is 16.3. The molecule has 0 heterocycles. The molecule has 5 N–H and O–H groups in total. The Bertz CT molecular complexity index is 2470. The Balaban J connectivity index is 0.000000168. The van der Waals surface area contributed by atoms with Crippen LogP contribution in [0.5, 0.6) is 0 Å². The Morgan fingerprint density at radius 2 is 1.00 bits per heavy atom. The SMILES string of the molecule is C=C1/C(=C\C=C2/CCC[C@]3(C)[C@@H]([C@H](C)CCCC(C)(C)O)CC[C@@H]23)C[C@@H](O)C[C@@H]1O.C=C1CC[C@H](O)C/C1=C/C=C1\CCC[C@]2(C)[C@@H]([C@H](C)CCCC(C)C)CC[C@@H]12.CC(C)CCC[C@@H](C)[C@H]1CC[C@H]2C3=CC=C4C[C@@H](O)CC[C@]4(C)[C@H]3CC[C@]12C. The average molecular weight is 1190 g/mol. The predicted octanol–water partition coefficient (Wildman–Crippen LogP) is 20.6. The molecule has 0 spiro atoms. The molecule has 0 amide bonds. The van der Waals surface area contributed by atoms with Gasteiger partial charge in [0.2, 0.25) is 0 Å². The molecule has 0 aromatic heterocycles. The lowest BCUT2D eigenvalue weighted by molar-refractivity contribution is 0.0323. The third kappa shape index (κ3) is 16.1. The van der Waals surface area contributed by atoms with Gasteiger partial charge in [-0.2, -0.15) is 0 Å². The molecule has 86 heavy (non-hydrogen) atoms. The van der Waals surface area contributed by atoms with Gasteiger partial charge in [-0.15, -0.1) is 0 Å². The van der Waals surface area contributed by atoms with Gasteiger partial charge in [0.25, 0.3) is 0 Å². The predicted molar refractivity (Wildman–Crippen MR) is 364 cm³/mol. The van der Waals surface area contributed by atoms with Gasteiger partial charge in [-0.3, -0.25) is 0 Å². The molecule has 10 aliphatic carbocycles. The first-order valence-electron chi connectivity index (χ1n) is 36.6. The van der Waals surface area contributed by atoms with Crippen molar-refractivity contribution < 1.29 is 25.5 Å². The molecule has 486 valence electrons. The zero-order valence-corrected chi connectivity index (χ0v) is 57.8. The van der Waals surface area contributed by atoms with Gasteiger partial charge in [0.15, 0.2) is 0 Å². The third-order valence-corrected chi connectivity index (χ3v) is 26.5. The van der Waals surface area contributed by atoms with Crippen molar-refractivity contribution in [3.63, 3.8) is 0 Å². The van der Waals surface area contributed by atoms with Crippen LogP contribution in [0.2, 0.25) is 0 Å². The fourth-order valence-electron chi connectivity index (χ4n) is 21.4. The van der Waals surface area contributed by atoms with Gasteiger partial charge in [0.05, 0.1) is 30.0 Å². The first-order chi connectivity index (χ1) is 40.6. The van der Waals surface area contributed by atoms with Crippen LogP contribution in [-0.4, -0.2) is 55.5 Å². The average Bonchev–Trinajstić information content (AvgIpc) is 1.37. The van der Waals surface area contributed by atoms with Crippen molar-refractivity contribution >= 4 is 0 Å². The second-order valence-corrected chi connectivity index (χ2v) is 34.0. The topological polar surface area (TPSA) is 101 Å². The van der Waals surface area contributed by atoms with Crippen molar-refractivity contribution in [2.24, 2.45) is 92.7 Å². The van der Waals surface area contributed by atoms with Crippen molar-refractivity contribution in [1.82, 2.24) is 0 Å². The summed E-state index contributed by atoms with van der Waals surface area (Å²) in [6, 6.07) is 0. The standard InChI is InChI=1S/C27H44O3.2C27H44O/c1-18(8-6-14-26(3,4)30)23-12-13-24-20(9-7-15-27(23,24)5)10-11-21-16-22(28)17-25(29)19(21)2;1-18(2)7-6-8-19(3)23-11-12-24-22-10-9-20-17-21(28)13-15-26(20,4)25(22)14-16-27(23,24)5;1-19(2)8-6-9-21(4)25-15-16-26-22(10-7-17-27(25,26)5)12-13-23-18-24(28)14-11-20(23)3/h10-11,18,22-25,28-30H,2,6-9,12-17H2,1,3-5H3;9-10,18-19,21,23-25,28H,6-8,11-17H2,1-5H3;12-13,19,21,24-26,28H,3,6-11,14-18H2,1-2,4-5H3/b20-10+,21-11-;;22-12+,23-13-/t18-,22-,23-,24+,25+,27-;19-,21+,23-,24+,25+,26+,27-;21-,24+,25-,26+,27-/m111/s1. The number of hydrogen-bond acceptors (Lipinski definition) is 5. The highest BCUT2D eigenvalue weighted by Crippen LogP contribution is 2.67. The van der Waals surface area contributed by atoms with Crippen molar-refractivity contribution in [3.05, 3.63) is 94.2 Å². The second-order valence-electron chi connectivity index (χ2n) is 34.0. The van der Waals surface area contributed by atoms with Gasteiger partial charge >= 0.3 is 0 Å². The third-order valence-electron chi connectivity index (χ3n) is 26.5. The highest BCUT2D eigenvalue weighted by molar-refractivity contribution is 5.41. The van der Waals surface area contributed by atoms with Crippen LogP contribution in [0, 0.1) is 92.7 Å². The largest absolute Gasteiger partial charge is 0.393 e. The summed E-state index contributed by atoms with van der Waals surface area (Å²) >= 11 is 0. The fourth-order valence-corrected chi connectivity index (χ4v) is 21.4. The van der Waals surface area contributed by atoms with Gasteiger partial charge in [0.1, 0.15) is 0 Å². The maximum Gasteiger partial charge on any atom is 0.0811 e. The summed E-state index contributed by atoms with van der Waals surface area (Å²) in [5.74, 6) is 9.66. The number of aliphatic hydroxyl groups excluding tert-OH is 4. The minimum Gasteiger partial charge on any atom is -0.393 e. The number of fused-ring (bicyclic) bond motifs is 7. The highest BCUT2D eigenvalue weighted by Gasteiger charge is 2.57. The fraction of sp³-hybridized carbons (Fsp3) is 0.802. The minimum absolute atomic E-state index is 0.106. The first-order valence-corrected chi connectivity index (χ1v) is 36.6. The van der Waals surface area contributed by atoms with Crippen molar-refractivity contribution in [3.8, 4) is 0 Å². The molecule has 0 aromatic rings. The van der Waals surface area contributed by atoms with E-state index in [2.05, 4.69) is 126 Å². The van der Waals surface area contributed by atoms with E-state index in [1.165, 1.54) is 152 Å². The van der Waals surface area contributed by atoms with Crippen LogP contribution < -0.4 is 0 Å². The van der Waals surface area contributed by atoms with E-state index < -0.39 is 17.8 Å². The van der Waals surface area contributed by atoms with E-state index in [0.717, 1.165) is 115 Å². The van der Waals surface area contributed by atoms with Crippen LogP contribution in [0.1, 0.15) is 289 Å². The molecule has 5 heteroatoms. The Morgan fingerprint density at radius 3 is 1.53 bits per heavy atom. The first kappa shape index (κ1) is 69.6. The van der Waals surface area contributed by atoms with Gasteiger partial charge in [-0.1, -0.05) is 205 Å². The molecule has 10 rings (SSSR count). The maximum absolute atomic E-state index is 10.2. The van der Waals surface area contributed by atoms with Gasteiger partial charge in [-0.05, 0) is 264 Å². The van der Waals surface area contributed by atoms with E-state index in [1.807, 2.05) is 13.8 Å².